The molecule has 1 spiro atoms. The van der Waals surface area contributed by atoms with Crippen LogP contribution < -0.4 is 19.9 Å². The smallest absolute Gasteiger partial charge is 0.263 e. The highest BCUT2D eigenvalue weighted by molar-refractivity contribution is 7.17. The predicted molar refractivity (Wildman–Crippen MR) is 178 cm³/mol. The van der Waals surface area contributed by atoms with E-state index in [4.69, 9.17) is 4.74 Å². The number of fused-ring (bicyclic) bond motifs is 1. The average molecular weight is 631 g/mol. The van der Waals surface area contributed by atoms with Gasteiger partial charge in [-0.25, -0.2) is 9.37 Å². The fraction of sp³-hybridized carbons (Fsp3) is 0.457. The van der Waals surface area contributed by atoms with Crippen LogP contribution in [0.15, 0.2) is 48.7 Å². The Bertz CT molecular complexity index is 1680. The number of hydrogen-bond acceptors (Lipinski definition) is 7. The first-order valence-electron chi connectivity index (χ1n) is 15.7. The summed E-state index contributed by atoms with van der Waals surface area (Å²) < 4.78 is 23.8. The Hall–Kier alpha value is -3.92. The molecule has 10 heteroatoms. The number of thiazole rings is 1. The molecule has 0 bridgehead atoms. The van der Waals surface area contributed by atoms with Gasteiger partial charge >= 0.3 is 0 Å². The third kappa shape index (κ3) is 6.43. The number of nitrogens with one attached hydrogen (secondary N) is 1. The van der Waals surface area contributed by atoms with Gasteiger partial charge in [0.15, 0.2) is 16.7 Å². The SMILES string of the molecule is Cc1nn(C)c(C)c1CNC(=O)c1cnc(N2CCC3(CC2)CCN(Cc2ccc(C(C)(C)C)cc2)c2cccc(F)c2O3)s1. The van der Waals surface area contributed by atoms with Crippen molar-refractivity contribution in [3.05, 3.63) is 87.4 Å². The molecule has 45 heavy (non-hydrogen) atoms. The Morgan fingerprint density at radius 3 is 2.44 bits per heavy atom. The highest BCUT2D eigenvalue weighted by Gasteiger charge is 2.41. The largest absolute Gasteiger partial charge is 0.482 e. The minimum atomic E-state index is -0.463. The molecule has 238 valence electrons. The van der Waals surface area contributed by atoms with Gasteiger partial charge in [-0.3, -0.25) is 9.48 Å². The summed E-state index contributed by atoms with van der Waals surface area (Å²) in [5, 5.41) is 8.28. The highest BCUT2D eigenvalue weighted by atomic mass is 32.1. The third-order valence-electron chi connectivity index (χ3n) is 9.38. The monoisotopic (exact) mass is 630 g/mol. The number of piperidine rings is 1. The number of anilines is 2. The van der Waals surface area contributed by atoms with Gasteiger partial charge < -0.3 is 19.9 Å². The minimum Gasteiger partial charge on any atom is -0.482 e. The van der Waals surface area contributed by atoms with Crippen molar-refractivity contribution in [3.63, 3.8) is 0 Å². The first-order chi connectivity index (χ1) is 21.4. The van der Waals surface area contributed by atoms with Crippen LogP contribution in [-0.4, -0.2) is 45.9 Å². The molecule has 2 aromatic carbocycles. The van der Waals surface area contributed by atoms with Gasteiger partial charge in [0, 0.05) is 70.3 Å². The van der Waals surface area contributed by atoms with Crippen molar-refractivity contribution in [1.29, 1.82) is 0 Å². The van der Waals surface area contributed by atoms with Crippen molar-refractivity contribution in [1.82, 2.24) is 20.1 Å². The molecule has 1 fully saturated rings. The molecule has 0 radical (unpaired) electrons. The van der Waals surface area contributed by atoms with Crippen LogP contribution in [0.25, 0.3) is 0 Å². The standard InChI is InChI=1S/C35H43FN6O2S/c1-23-27(24(2)40(6)39-23)20-37-32(43)30-21-38-33(45-30)41-17-14-35(15-18-41)16-19-42(29-9-7-8-28(36)31(29)44-35)22-25-10-12-26(13-11-25)34(3,4)5/h7-13,21H,14-20,22H2,1-6H3,(H,37,43). The molecular weight excluding hydrogens is 587 g/mol. The number of aromatic nitrogens is 3. The predicted octanol–water partition coefficient (Wildman–Crippen LogP) is 6.69. The molecule has 0 saturated carbocycles. The number of para-hydroxylation sites is 1. The molecule has 4 aromatic rings. The van der Waals surface area contributed by atoms with E-state index in [-0.39, 0.29) is 17.1 Å². The topological polar surface area (TPSA) is 75.5 Å². The van der Waals surface area contributed by atoms with E-state index in [0.29, 0.717) is 23.7 Å². The van der Waals surface area contributed by atoms with Crippen molar-refractivity contribution in [2.75, 3.05) is 29.4 Å². The van der Waals surface area contributed by atoms with Gasteiger partial charge in [0.25, 0.3) is 5.91 Å². The first kappa shape index (κ1) is 31.1. The lowest BCUT2D eigenvalue weighted by Gasteiger charge is -2.41. The number of aryl methyl sites for hydroxylation is 2. The maximum atomic E-state index is 15.3. The Balaban J connectivity index is 1.11. The zero-order valence-corrected chi connectivity index (χ0v) is 27.9. The van der Waals surface area contributed by atoms with Crippen molar-refractivity contribution < 1.29 is 13.9 Å². The number of carbonyl (C=O) groups excluding carboxylic acids is 1. The van der Waals surface area contributed by atoms with E-state index < -0.39 is 5.60 Å². The van der Waals surface area contributed by atoms with Gasteiger partial charge in [-0.2, -0.15) is 5.10 Å². The molecule has 2 aliphatic heterocycles. The molecule has 1 amide bonds. The van der Waals surface area contributed by atoms with E-state index in [9.17, 15) is 4.79 Å². The van der Waals surface area contributed by atoms with E-state index in [1.54, 1.807) is 12.3 Å². The zero-order valence-electron chi connectivity index (χ0n) is 27.1. The summed E-state index contributed by atoms with van der Waals surface area (Å²) in [4.78, 5) is 22.6. The summed E-state index contributed by atoms with van der Waals surface area (Å²) in [6.07, 6.45) is 3.95. The second kappa shape index (κ2) is 12.1. The molecule has 4 heterocycles. The quantitative estimate of drug-likeness (QED) is 0.256. The van der Waals surface area contributed by atoms with Crippen molar-refractivity contribution in [2.24, 2.45) is 7.05 Å². The Morgan fingerprint density at radius 2 is 1.78 bits per heavy atom. The number of hydrogen-bond donors (Lipinski definition) is 1. The minimum absolute atomic E-state index is 0.0945. The molecule has 2 aliphatic rings. The fourth-order valence-electron chi connectivity index (χ4n) is 6.37. The maximum absolute atomic E-state index is 15.3. The van der Waals surface area contributed by atoms with Gasteiger partial charge in [0.2, 0.25) is 0 Å². The van der Waals surface area contributed by atoms with E-state index in [1.807, 2.05) is 31.6 Å². The van der Waals surface area contributed by atoms with E-state index in [2.05, 4.69) is 70.2 Å². The molecule has 8 nitrogen and oxygen atoms in total. The number of nitrogens with zero attached hydrogens (tertiary/aromatic N) is 5. The molecule has 0 aliphatic carbocycles. The van der Waals surface area contributed by atoms with Crippen LogP contribution in [0.1, 0.15) is 77.8 Å². The zero-order chi connectivity index (χ0) is 31.9. The number of benzene rings is 2. The summed E-state index contributed by atoms with van der Waals surface area (Å²) in [6.45, 7) is 13.9. The summed E-state index contributed by atoms with van der Waals surface area (Å²) in [5.74, 6) is -0.110. The summed E-state index contributed by atoms with van der Waals surface area (Å²) >= 11 is 1.40. The van der Waals surface area contributed by atoms with E-state index >= 15 is 4.39 Å². The van der Waals surface area contributed by atoms with Crippen LogP contribution in [0.4, 0.5) is 15.2 Å². The molecule has 1 N–H and O–H groups in total. The van der Waals surface area contributed by atoms with Gasteiger partial charge in [-0.05, 0) is 42.5 Å². The van der Waals surface area contributed by atoms with Crippen molar-refractivity contribution in [2.45, 2.75) is 78.0 Å². The van der Waals surface area contributed by atoms with Gasteiger partial charge in [0.05, 0.1) is 17.6 Å². The summed E-state index contributed by atoms with van der Waals surface area (Å²) in [5.41, 5.74) is 5.93. The average Bonchev–Trinajstić information content (AvgIpc) is 3.55. The van der Waals surface area contributed by atoms with Crippen LogP contribution >= 0.6 is 11.3 Å². The number of rotatable bonds is 6. The number of carbonyl (C=O) groups is 1. The third-order valence-corrected chi connectivity index (χ3v) is 10.4. The summed E-state index contributed by atoms with van der Waals surface area (Å²) in [7, 11) is 1.91. The molecule has 1 saturated heterocycles. The Labute approximate surface area is 269 Å². The van der Waals surface area contributed by atoms with Gasteiger partial charge in [-0.1, -0.05) is 62.4 Å². The van der Waals surface area contributed by atoms with Gasteiger partial charge in [0.1, 0.15) is 10.5 Å². The second-order valence-corrected chi connectivity index (χ2v) is 14.5. The number of ether oxygens (including phenoxy) is 1. The van der Waals surface area contributed by atoms with Crippen LogP contribution in [0.5, 0.6) is 5.75 Å². The van der Waals surface area contributed by atoms with Crippen LogP contribution in [0, 0.1) is 19.7 Å². The second-order valence-electron chi connectivity index (χ2n) is 13.4. The number of amides is 1. The van der Waals surface area contributed by atoms with Gasteiger partial charge in [-0.15, -0.1) is 0 Å². The van der Waals surface area contributed by atoms with E-state index in [0.717, 1.165) is 66.7 Å². The van der Waals surface area contributed by atoms with Crippen molar-refractivity contribution in [3.8, 4) is 5.75 Å². The lowest BCUT2D eigenvalue weighted by atomic mass is 9.86. The van der Waals surface area contributed by atoms with Crippen LogP contribution in [-0.2, 0) is 25.6 Å². The van der Waals surface area contributed by atoms with Crippen molar-refractivity contribution >= 4 is 28.1 Å². The molecule has 2 aromatic heterocycles. The molecule has 0 unspecified atom stereocenters. The highest BCUT2D eigenvalue weighted by Crippen LogP contribution is 2.43. The summed E-state index contributed by atoms with van der Waals surface area (Å²) in [6, 6.07) is 14.0. The fourth-order valence-corrected chi connectivity index (χ4v) is 7.26. The Kier molecular flexibility index (Phi) is 8.37. The molecule has 0 atom stereocenters. The molecule has 6 rings (SSSR count). The normalized spacial score (nSPS) is 16.3. The van der Waals surface area contributed by atoms with Crippen LogP contribution in [0.3, 0.4) is 0 Å². The lowest BCUT2D eigenvalue weighted by Crippen LogP contribution is -2.48. The maximum Gasteiger partial charge on any atom is 0.263 e. The number of halogens is 1. The first-order valence-corrected chi connectivity index (χ1v) is 16.5. The molecular formula is C35H43FN6O2S. The Morgan fingerprint density at radius 1 is 1.07 bits per heavy atom. The lowest BCUT2D eigenvalue weighted by molar-refractivity contribution is 0.0375. The van der Waals surface area contributed by atoms with E-state index in [1.165, 1.54) is 28.5 Å². The van der Waals surface area contributed by atoms with Crippen LogP contribution in [0.2, 0.25) is 0 Å².